The molecule has 1 aromatic heterocycles. The summed E-state index contributed by atoms with van der Waals surface area (Å²) in [5.41, 5.74) is 0. The van der Waals surface area contributed by atoms with E-state index in [1.165, 1.54) is 4.88 Å². The largest absolute Gasteiger partial charge is 0.382 e. The average Bonchev–Trinajstić information content (AvgIpc) is 2.94. The van der Waals surface area contributed by atoms with Crippen LogP contribution in [0.1, 0.15) is 24.8 Å². The fourth-order valence-corrected chi connectivity index (χ4v) is 2.86. The molecule has 0 saturated heterocycles. The zero-order valence-electron chi connectivity index (χ0n) is 12.8. The van der Waals surface area contributed by atoms with Gasteiger partial charge in [0, 0.05) is 24.6 Å². The molecule has 0 aliphatic heterocycles. The summed E-state index contributed by atoms with van der Waals surface area (Å²) in [7, 11) is 1.67. The van der Waals surface area contributed by atoms with Gasteiger partial charge in [-0.3, -0.25) is 0 Å². The third-order valence-corrected chi connectivity index (χ3v) is 3.89. The second-order valence-corrected chi connectivity index (χ2v) is 5.89. The van der Waals surface area contributed by atoms with Gasteiger partial charge in [0.2, 0.25) is 0 Å². The van der Waals surface area contributed by atoms with E-state index < -0.39 is 0 Å². The number of rotatable bonds is 12. The SMILES string of the molecule is COCCOCCOCCNC(c1cccs1)C(C)C. The quantitative estimate of drug-likeness (QED) is 0.603. The molecule has 0 aromatic carbocycles. The highest BCUT2D eigenvalue weighted by Gasteiger charge is 2.15. The molecule has 1 aromatic rings. The highest BCUT2D eigenvalue weighted by Crippen LogP contribution is 2.25. The zero-order chi connectivity index (χ0) is 14.6. The first kappa shape index (κ1) is 17.6. The third-order valence-electron chi connectivity index (χ3n) is 2.93. The smallest absolute Gasteiger partial charge is 0.0701 e. The number of hydrogen-bond acceptors (Lipinski definition) is 5. The lowest BCUT2D eigenvalue weighted by molar-refractivity contribution is 0.0250. The molecule has 0 bridgehead atoms. The molecule has 1 N–H and O–H groups in total. The zero-order valence-corrected chi connectivity index (χ0v) is 13.6. The van der Waals surface area contributed by atoms with Crippen LogP contribution < -0.4 is 5.32 Å². The monoisotopic (exact) mass is 301 g/mol. The van der Waals surface area contributed by atoms with Crippen LogP contribution in [0.15, 0.2) is 17.5 Å². The third kappa shape index (κ3) is 7.36. The van der Waals surface area contributed by atoms with Crippen LogP contribution in [-0.4, -0.2) is 46.7 Å². The molecule has 0 spiro atoms. The first-order valence-corrected chi connectivity index (χ1v) is 8.05. The van der Waals surface area contributed by atoms with Crippen LogP contribution in [0.4, 0.5) is 0 Å². The van der Waals surface area contributed by atoms with Gasteiger partial charge < -0.3 is 19.5 Å². The van der Waals surface area contributed by atoms with Crippen molar-refractivity contribution >= 4 is 11.3 Å². The van der Waals surface area contributed by atoms with E-state index in [-0.39, 0.29) is 0 Å². The molecule has 5 heteroatoms. The van der Waals surface area contributed by atoms with Crippen LogP contribution in [0, 0.1) is 5.92 Å². The lowest BCUT2D eigenvalue weighted by atomic mass is 10.0. The first-order valence-electron chi connectivity index (χ1n) is 7.17. The van der Waals surface area contributed by atoms with E-state index in [0.29, 0.717) is 45.0 Å². The molecule has 0 aliphatic carbocycles. The molecule has 1 rings (SSSR count). The Morgan fingerprint density at radius 1 is 1.10 bits per heavy atom. The van der Waals surface area contributed by atoms with Gasteiger partial charge in [0.15, 0.2) is 0 Å². The van der Waals surface area contributed by atoms with Crippen LogP contribution in [0.5, 0.6) is 0 Å². The van der Waals surface area contributed by atoms with Gasteiger partial charge in [0.25, 0.3) is 0 Å². The summed E-state index contributed by atoms with van der Waals surface area (Å²) in [5, 5.41) is 5.68. The Kier molecular flexibility index (Phi) is 9.87. The van der Waals surface area contributed by atoms with Crippen LogP contribution >= 0.6 is 11.3 Å². The van der Waals surface area contributed by atoms with Crippen molar-refractivity contribution in [2.75, 3.05) is 46.7 Å². The molecule has 0 amide bonds. The molecular formula is C15H27NO3S. The van der Waals surface area contributed by atoms with E-state index in [1.54, 1.807) is 18.4 Å². The lowest BCUT2D eigenvalue weighted by Crippen LogP contribution is -2.28. The summed E-state index contributed by atoms with van der Waals surface area (Å²) in [6.45, 7) is 8.58. The molecule has 20 heavy (non-hydrogen) atoms. The second kappa shape index (κ2) is 11.2. The molecular weight excluding hydrogens is 274 g/mol. The maximum atomic E-state index is 5.54. The summed E-state index contributed by atoms with van der Waals surface area (Å²) in [4.78, 5) is 1.39. The summed E-state index contributed by atoms with van der Waals surface area (Å²) in [6.07, 6.45) is 0. The highest BCUT2D eigenvalue weighted by molar-refractivity contribution is 7.10. The average molecular weight is 301 g/mol. The number of thiophene rings is 1. The van der Waals surface area contributed by atoms with E-state index in [4.69, 9.17) is 14.2 Å². The first-order chi connectivity index (χ1) is 9.75. The predicted molar refractivity (Wildman–Crippen MR) is 83.4 cm³/mol. The van der Waals surface area contributed by atoms with Gasteiger partial charge in [-0.05, 0) is 17.4 Å². The van der Waals surface area contributed by atoms with E-state index in [2.05, 4.69) is 36.7 Å². The lowest BCUT2D eigenvalue weighted by Gasteiger charge is -2.21. The fourth-order valence-electron chi connectivity index (χ4n) is 1.88. The van der Waals surface area contributed by atoms with Gasteiger partial charge in [0.05, 0.1) is 33.0 Å². The molecule has 0 fully saturated rings. The van der Waals surface area contributed by atoms with Crippen molar-refractivity contribution in [2.45, 2.75) is 19.9 Å². The van der Waals surface area contributed by atoms with Crippen molar-refractivity contribution in [3.05, 3.63) is 22.4 Å². The van der Waals surface area contributed by atoms with Crippen molar-refractivity contribution in [3.63, 3.8) is 0 Å². The van der Waals surface area contributed by atoms with Crippen LogP contribution in [0.2, 0.25) is 0 Å². The molecule has 0 aliphatic rings. The maximum absolute atomic E-state index is 5.54. The normalized spacial score (nSPS) is 13.0. The van der Waals surface area contributed by atoms with Gasteiger partial charge >= 0.3 is 0 Å². The van der Waals surface area contributed by atoms with Crippen molar-refractivity contribution in [2.24, 2.45) is 5.92 Å². The van der Waals surface area contributed by atoms with Crippen LogP contribution in [0.3, 0.4) is 0 Å². The minimum absolute atomic E-state index is 0.413. The molecule has 116 valence electrons. The Bertz CT molecular complexity index is 317. The Morgan fingerprint density at radius 3 is 2.40 bits per heavy atom. The standard InChI is InChI=1S/C15H27NO3S/c1-13(2)15(14-5-4-12-20-14)16-6-7-18-10-11-19-9-8-17-3/h4-5,12-13,15-16H,6-11H2,1-3H3. The van der Waals surface area contributed by atoms with Crippen molar-refractivity contribution < 1.29 is 14.2 Å². The molecule has 1 heterocycles. The molecule has 1 unspecified atom stereocenters. The minimum atomic E-state index is 0.413. The predicted octanol–water partition coefficient (Wildman–Crippen LogP) is 2.71. The topological polar surface area (TPSA) is 39.7 Å². The Morgan fingerprint density at radius 2 is 1.80 bits per heavy atom. The van der Waals surface area contributed by atoms with Gasteiger partial charge in [-0.25, -0.2) is 0 Å². The maximum Gasteiger partial charge on any atom is 0.0701 e. The molecule has 0 saturated carbocycles. The highest BCUT2D eigenvalue weighted by atomic mass is 32.1. The summed E-state index contributed by atoms with van der Waals surface area (Å²) in [6, 6.07) is 4.70. The number of methoxy groups -OCH3 is 1. The summed E-state index contributed by atoms with van der Waals surface area (Å²) >= 11 is 1.80. The van der Waals surface area contributed by atoms with Gasteiger partial charge in [-0.15, -0.1) is 11.3 Å². The Balaban J connectivity index is 2.04. The van der Waals surface area contributed by atoms with Crippen LogP contribution in [0.25, 0.3) is 0 Å². The van der Waals surface area contributed by atoms with Crippen molar-refractivity contribution in [1.82, 2.24) is 5.32 Å². The van der Waals surface area contributed by atoms with E-state index in [1.807, 2.05) is 0 Å². The molecule has 1 atom stereocenters. The van der Waals surface area contributed by atoms with E-state index >= 15 is 0 Å². The van der Waals surface area contributed by atoms with Gasteiger partial charge in [0.1, 0.15) is 0 Å². The summed E-state index contributed by atoms with van der Waals surface area (Å²) < 4.78 is 15.8. The van der Waals surface area contributed by atoms with Crippen molar-refractivity contribution in [1.29, 1.82) is 0 Å². The fraction of sp³-hybridized carbons (Fsp3) is 0.733. The number of ether oxygens (including phenoxy) is 3. The Labute approximate surface area is 126 Å². The minimum Gasteiger partial charge on any atom is -0.382 e. The van der Waals surface area contributed by atoms with E-state index in [9.17, 15) is 0 Å². The molecule has 0 radical (unpaired) electrons. The van der Waals surface area contributed by atoms with Crippen molar-refractivity contribution in [3.8, 4) is 0 Å². The second-order valence-electron chi connectivity index (χ2n) is 4.91. The van der Waals surface area contributed by atoms with Gasteiger partial charge in [-0.2, -0.15) is 0 Å². The van der Waals surface area contributed by atoms with E-state index in [0.717, 1.165) is 6.54 Å². The van der Waals surface area contributed by atoms with Crippen LogP contribution in [-0.2, 0) is 14.2 Å². The summed E-state index contributed by atoms with van der Waals surface area (Å²) in [5.74, 6) is 0.575. The Hall–Kier alpha value is -0.460. The number of hydrogen-bond donors (Lipinski definition) is 1. The number of nitrogens with one attached hydrogen (secondary N) is 1. The van der Waals surface area contributed by atoms with Gasteiger partial charge in [-0.1, -0.05) is 19.9 Å². The molecule has 4 nitrogen and oxygen atoms in total.